The third kappa shape index (κ3) is 1.65. The van der Waals surface area contributed by atoms with Crippen LogP contribution in [0, 0.1) is 6.92 Å². The van der Waals surface area contributed by atoms with E-state index in [1.165, 1.54) is 0 Å². The fourth-order valence-electron chi connectivity index (χ4n) is 1.80. The number of hydrogen-bond donors (Lipinski definition) is 0. The summed E-state index contributed by atoms with van der Waals surface area (Å²) in [5.41, 5.74) is 2.71. The van der Waals surface area contributed by atoms with Crippen LogP contribution in [0.1, 0.15) is 15.9 Å². The summed E-state index contributed by atoms with van der Waals surface area (Å²) in [6, 6.07) is 7.86. The quantitative estimate of drug-likeness (QED) is 0.720. The van der Waals surface area contributed by atoms with E-state index in [9.17, 15) is 4.79 Å². The number of rotatable bonds is 2. The van der Waals surface area contributed by atoms with E-state index in [1.807, 2.05) is 50.2 Å². The molecule has 0 spiro atoms. The summed E-state index contributed by atoms with van der Waals surface area (Å²) in [5, 5.41) is 1.01. The highest BCUT2D eigenvalue weighted by atomic mass is 16.1. The Morgan fingerprint density at radius 3 is 2.69 bits per heavy atom. The predicted octanol–water partition coefficient (Wildman–Crippen LogP) is 2.42. The topological polar surface area (TPSA) is 33.2 Å². The first kappa shape index (κ1) is 10.6. The van der Waals surface area contributed by atoms with Crippen LogP contribution in [0.4, 0.5) is 5.82 Å². The molecule has 1 heterocycles. The van der Waals surface area contributed by atoms with E-state index >= 15 is 0 Å². The normalized spacial score (nSPS) is 10.4. The monoisotopic (exact) mass is 214 g/mol. The number of aldehydes is 1. The number of carbonyl (C=O) groups is 1. The van der Waals surface area contributed by atoms with E-state index in [0.717, 1.165) is 28.6 Å². The second-order valence-corrected chi connectivity index (χ2v) is 4.06. The second-order valence-electron chi connectivity index (χ2n) is 4.06. The molecule has 0 unspecified atom stereocenters. The van der Waals surface area contributed by atoms with Gasteiger partial charge in [0.15, 0.2) is 6.29 Å². The molecule has 1 aromatic carbocycles. The van der Waals surface area contributed by atoms with Crippen LogP contribution >= 0.6 is 0 Å². The Morgan fingerprint density at radius 1 is 1.31 bits per heavy atom. The van der Waals surface area contributed by atoms with Crippen molar-refractivity contribution >= 4 is 23.0 Å². The maximum Gasteiger partial charge on any atom is 0.153 e. The molecule has 1 aromatic heterocycles. The number of benzene rings is 1. The van der Waals surface area contributed by atoms with Crippen LogP contribution in [0.5, 0.6) is 0 Å². The Labute approximate surface area is 94.7 Å². The summed E-state index contributed by atoms with van der Waals surface area (Å²) in [4.78, 5) is 17.4. The molecule has 0 N–H and O–H groups in total. The molecule has 16 heavy (non-hydrogen) atoms. The van der Waals surface area contributed by atoms with Crippen molar-refractivity contribution in [3.05, 3.63) is 35.4 Å². The highest BCUT2D eigenvalue weighted by Gasteiger charge is 2.08. The number of aryl methyl sites for hydroxylation is 1. The van der Waals surface area contributed by atoms with E-state index in [2.05, 4.69) is 4.98 Å². The van der Waals surface area contributed by atoms with E-state index in [4.69, 9.17) is 0 Å². The van der Waals surface area contributed by atoms with Gasteiger partial charge < -0.3 is 4.90 Å². The van der Waals surface area contributed by atoms with Gasteiger partial charge in [0, 0.05) is 19.5 Å². The molecule has 0 radical (unpaired) electrons. The van der Waals surface area contributed by atoms with Crippen LogP contribution in [0.15, 0.2) is 24.3 Å². The number of nitrogens with zero attached hydrogens (tertiary/aromatic N) is 2. The fourth-order valence-corrected chi connectivity index (χ4v) is 1.80. The zero-order valence-corrected chi connectivity index (χ0v) is 9.69. The van der Waals surface area contributed by atoms with Crippen LogP contribution < -0.4 is 4.90 Å². The van der Waals surface area contributed by atoms with Crippen LogP contribution in [-0.4, -0.2) is 25.4 Å². The van der Waals surface area contributed by atoms with Crippen molar-refractivity contribution in [2.24, 2.45) is 0 Å². The summed E-state index contributed by atoms with van der Waals surface area (Å²) in [6.07, 6.45) is 0.851. The van der Waals surface area contributed by atoms with E-state index in [1.54, 1.807) is 0 Å². The molecule has 0 aliphatic rings. The molecule has 3 heteroatoms. The summed E-state index contributed by atoms with van der Waals surface area (Å²) in [7, 11) is 3.78. The molecule has 82 valence electrons. The van der Waals surface area contributed by atoms with Gasteiger partial charge in [-0.1, -0.05) is 18.2 Å². The minimum atomic E-state index is 0.628. The average molecular weight is 214 g/mol. The lowest BCUT2D eigenvalue weighted by Gasteiger charge is -2.15. The molecule has 0 aliphatic carbocycles. The number of anilines is 1. The van der Waals surface area contributed by atoms with Crippen LogP contribution in [0.2, 0.25) is 0 Å². The maximum atomic E-state index is 11.0. The third-order valence-corrected chi connectivity index (χ3v) is 2.61. The Hall–Kier alpha value is -1.90. The lowest BCUT2D eigenvalue weighted by atomic mass is 10.1. The standard InChI is InChI=1S/C13H14N2O/c1-9-5-4-6-10-7-11(8-16)13(15(2)3)14-12(9)10/h4-8H,1-3H3. The van der Waals surface area contributed by atoms with Gasteiger partial charge in [-0.15, -0.1) is 0 Å². The molecular weight excluding hydrogens is 200 g/mol. The van der Waals surface area contributed by atoms with Gasteiger partial charge in [-0.05, 0) is 18.6 Å². The second kappa shape index (κ2) is 3.93. The van der Waals surface area contributed by atoms with Crippen molar-refractivity contribution in [1.82, 2.24) is 4.98 Å². The van der Waals surface area contributed by atoms with Gasteiger partial charge in [0.25, 0.3) is 0 Å². The zero-order valence-electron chi connectivity index (χ0n) is 9.69. The lowest BCUT2D eigenvalue weighted by Crippen LogP contribution is -2.13. The molecule has 0 atom stereocenters. The zero-order chi connectivity index (χ0) is 11.7. The highest BCUT2D eigenvalue weighted by molar-refractivity contribution is 5.92. The van der Waals surface area contributed by atoms with Gasteiger partial charge in [-0.3, -0.25) is 4.79 Å². The largest absolute Gasteiger partial charge is 0.362 e. The van der Waals surface area contributed by atoms with Crippen molar-refractivity contribution in [2.45, 2.75) is 6.92 Å². The van der Waals surface area contributed by atoms with E-state index in [-0.39, 0.29) is 0 Å². The van der Waals surface area contributed by atoms with Gasteiger partial charge in [0.1, 0.15) is 5.82 Å². The van der Waals surface area contributed by atoms with E-state index < -0.39 is 0 Å². The van der Waals surface area contributed by atoms with E-state index in [0.29, 0.717) is 5.56 Å². The molecule has 0 saturated heterocycles. The number of aromatic nitrogens is 1. The van der Waals surface area contributed by atoms with Gasteiger partial charge in [0.2, 0.25) is 0 Å². The van der Waals surface area contributed by atoms with Gasteiger partial charge in [-0.25, -0.2) is 4.98 Å². The summed E-state index contributed by atoms with van der Waals surface area (Å²) >= 11 is 0. The lowest BCUT2D eigenvalue weighted by molar-refractivity contribution is 0.112. The third-order valence-electron chi connectivity index (χ3n) is 2.61. The first-order valence-electron chi connectivity index (χ1n) is 5.16. The summed E-state index contributed by atoms with van der Waals surface area (Å²) < 4.78 is 0. The molecule has 0 aliphatic heterocycles. The van der Waals surface area contributed by atoms with Crippen LogP contribution in [-0.2, 0) is 0 Å². The number of carbonyl (C=O) groups excluding carboxylic acids is 1. The Morgan fingerprint density at radius 2 is 2.06 bits per heavy atom. The highest BCUT2D eigenvalue weighted by Crippen LogP contribution is 2.23. The smallest absolute Gasteiger partial charge is 0.153 e. The molecule has 2 aromatic rings. The molecule has 0 bridgehead atoms. The fraction of sp³-hybridized carbons (Fsp3) is 0.231. The first-order valence-corrected chi connectivity index (χ1v) is 5.16. The van der Waals surface area contributed by atoms with Crippen molar-refractivity contribution in [2.75, 3.05) is 19.0 Å². The predicted molar refractivity (Wildman–Crippen MR) is 66.2 cm³/mol. The van der Waals surface area contributed by atoms with Gasteiger partial charge in [0.05, 0.1) is 11.1 Å². The molecule has 0 fully saturated rings. The number of para-hydroxylation sites is 1. The van der Waals surface area contributed by atoms with Crippen molar-refractivity contribution in [3.63, 3.8) is 0 Å². The van der Waals surface area contributed by atoms with Gasteiger partial charge in [-0.2, -0.15) is 0 Å². The minimum absolute atomic E-state index is 0.628. The SMILES string of the molecule is Cc1cccc2cc(C=O)c(N(C)C)nc12. The average Bonchev–Trinajstić information content (AvgIpc) is 2.27. The molecule has 2 rings (SSSR count). The molecule has 0 saturated carbocycles. The Balaban J connectivity index is 2.81. The van der Waals surface area contributed by atoms with Crippen LogP contribution in [0.3, 0.4) is 0 Å². The van der Waals surface area contributed by atoms with Crippen LogP contribution in [0.25, 0.3) is 10.9 Å². The molecule has 3 nitrogen and oxygen atoms in total. The molecular formula is C13H14N2O. The maximum absolute atomic E-state index is 11.0. The number of fused-ring (bicyclic) bond motifs is 1. The Kier molecular flexibility index (Phi) is 2.60. The van der Waals surface area contributed by atoms with Gasteiger partial charge >= 0.3 is 0 Å². The van der Waals surface area contributed by atoms with Crippen molar-refractivity contribution < 1.29 is 4.79 Å². The number of pyridine rings is 1. The first-order chi connectivity index (χ1) is 7.63. The Bertz CT molecular complexity index is 547. The van der Waals surface area contributed by atoms with Crippen molar-refractivity contribution in [1.29, 1.82) is 0 Å². The summed E-state index contributed by atoms with van der Waals surface area (Å²) in [5.74, 6) is 0.719. The van der Waals surface area contributed by atoms with Crippen molar-refractivity contribution in [3.8, 4) is 0 Å². The summed E-state index contributed by atoms with van der Waals surface area (Å²) in [6.45, 7) is 2.02. The minimum Gasteiger partial charge on any atom is -0.362 e. The molecule has 0 amide bonds. The number of hydrogen-bond acceptors (Lipinski definition) is 3.